The molecular formula is C22H19F3N4O4S. The molecule has 34 heavy (non-hydrogen) atoms. The van der Waals surface area contributed by atoms with Crippen LogP contribution in [0.25, 0.3) is 22.5 Å². The van der Waals surface area contributed by atoms with E-state index in [0.717, 1.165) is 0 Å². The predicted octanol–water partition coefficient (Wildman–Crippen LogP) is 3.73. The second-order valence-electron chi connectivity index (χ2n) is 8.20. The summed E-state index contributed by atoms with van der Waals surface area (Å²) in [6.07, 6.45) is -2.23. The van der Waals surface area contributed by atoms with Crippen LogP contribution in [-0.2, 0) is 16.4 Å². The van der Waals surface area contributed by atoms with E-state index in [9.17, 15) is 26.4 Å². The molecule has 178 valence electrons. The molecule has 0 amide bonds. The molecule has 3 heterocycles. The molecule has 0 radical (unpaired) electrons. The Bertz CT molecular complexity index is 1510. The van der Waals surface area contributed by atoms with E-state index in [0.29, 0.717) is 35.0 Å². The van der Waals surface area contributed by atoms with Crippen molar-refractivity contribution in [3.8, 4) is 11.5 Å². The third-order valence-corrected chi connectivity index (χ3v) is 7.70. The molecule has 0 atom stereocenters. The normalized spacial score (nSPS) is 16.5. The molecular weight excluding hydrogens is 473 g/mol. The molecule has 0 saturated carbocycles. The molecule has 5 rings (SSSR count). The van der Waals surface area contributed by atoms with Crippen LogP contribution >= 0.6 is 0 Å². The molecule has 0 spiro atoms. The summed E-state index contributed by atoms with van der Waals surface area (Å²) in [6.45, 7) is 0.128. The number of benzene rings is 2. The van der Waals surface area contributed by atoms with Crippen LogP contribution in [-0.4, -0.2) is 39.3 Å². The summed E-state index contributed by atoms with van der Waals surface area (Å²) in [5.41, 5.74) is 1.73. The van der Waals surface area contributed by atoms with Crippen LogP contribution in [0.3, 0.4) is 0 Å². The van der Waals surface area contributed by atoms with Gasteiger partial charge in [-0.15, -0.1) is 10.2 Å². The number of sulfone groups is 1. The number of hydrogen-bond acceptors (Lipinski definition) is 6. The first-order chi connectivity index (χ1) is 16.2. The number of nitrogens with zero attached hydrogens (tertiary/aromatic N) is 4. The minimum absolute atomic E-state index is 0.00236. The van der Waals surface area contributed by atoms with E-state index in [1.54, 1.807) is 28.8 Å². The Morgan fingerprint density at radius 2 is 1.74 bits per heavy atom. The van der Waals surface area contributed by atoms with Gasteiger partial charge < -0.3 is 4.42 Å². The Labute approximate surface area is 191 Å². The number of imidazole rings is 1. The zero-order valence-electron chi connectivity index (χ0n) is 17.7. The number of halogens is 3. The Morgan fingerprint density at radius 3 is 2.38 bits per heavy atom. The first kappa shape index (κ1) is 22.4. The Morgan fingerprint density at radius 1 is 1.03 bits per heavy atom. The highest BCUT2D eigenvalue weighted by atomic mass is 32.2. The zero-order chi connectivity index (χ0) is 24.0. The quantitative estimate of drug-likeness (QED) is 0.421. The molecule has 0 bridgehead atoms. The van der Waals surface area contributed by atoms with Crippen LogP contribution in [0.2, 0.25) is 0 Å². The van der Waals surface area contributed by atoms with Gasteiger partial charge in [-0.25, -0.2) is 17.6 Å². The lowest BCUT2D eigenvalue weighted by Crippen LogP contribution is -2.33. The topological polar surface area (TPSA) is 100.0 Å². The summed E-state index contributed by atoms with van der Waals surface area (Å²) < 4.78 is 71.1. The van der Waals surface area contributed by atoms with E-state index in [-0.39, 0.29) is 35.7 Å². The van der Waals surface area contributed by atoms with Gasteiger partial charge in [-0.2, -0.15) is 8.78 Å². The van der Waals surface area contributed by atoms with Crippen molar-refractivity contribution >= 4 is 20.9 Å². The average molecular weight is 492 g/mol. The molecule has 4 aromatic rings. The van der Waals surface area contributed by atoms with Crippen molar-refractivity contribution in [2.75, 3.05) is 11.5 Å². The minimum Gasteiger partial charge on any atom is -0.415 e. The van der Waals surface area contributed by atoms with Crippen molar-refractivity contribution in [2.24, 2.45) is 0 Å². The highest BCUT2D eigenvalue weighted by molar-refractivity contribution is 7.91. The summed E-state index contributed by atoms with van der Waals surface area (Å²) >= 11 is 0. The van der Waals surface area contributed by atoms with Gasteiger partial charge in [-0.3, -0.25) is 9.13 Å². The molecule has 1 fully saturated rings. The second-order valence-corrected chi connectivity index (χ2v) is 10.5. The maximum Gasteiger partial charge on any atom is 0.329 e. The fourth-order valence-corrected chi connectivity index (χ4v) is 5.74. The van der Waals surface area contributed by atoms with Gasteiger partial charge in [0.2, 0.25) is 5.89 Å². The standard InChI is InChI=1S/C22H19F3N4O4S/c23-15-5-6-17-18(11-15)28(22(30)29(17)16-7-9-34(31,32)10-8-16)12-13-1-3-14(4-2-13)20-26-27-21(33-20)19(24)25/h1-6,11,16,19H,7-10,12H2. The molecule has 0 unspecified atom stereocenters. The molecule has 1 aliphatic heterocycles. The van der Waals surface area contributed by atoms with Gasteiger partial charge >= 0.3 is 12.1 Å². The second kappa shape index (κ2) is 8.42. The number of alkyl halides is 2. The lowest BCUT2D eigenvalue weighted by atomic mass is 10.1. The van der Waals surface area contributed by atoms with Gasteiger partial charge in [-0.05, 0) is 48.7 Å². The van der Waals surface area contributed by atoms with Crippen LogP contribution in [0.5, 0.6) is 0 Å². The number of fused-ring (bicyclic) bond motifs is 1. The molecule has 12 heteroatoms. The van der Waals surface area contributed by atoms with E-state index in [1.807, 2.05) is 0 Å². The summed E-state index contributed by atoms with van der Waals surface area (Å²) in [5.74, 6) is -1.31. The third-order valence-electron chi connectivity index (χ3n) is 5.98. The highest BCUT2D eigenvalue weighted by Crippen LogP contribution is 2.28. The van der Waals surface area contributed by atoms with E-state index in [1.165, 1.54) is 22.8 Å². The zero-order valence-corrected chi connectivity index (χ0v) is 18.5. The van der Waals surface area contributed by atoms with Crippen molar-refractivity contribution in [3.63, 3.8) is 0 Å². The highest BCUT2D eigenvalue weighted by Gasteiger charge is 2.28. The smallest absolute Gasteiger partial charge is 0.329 e. The van der Waals surface area contributed by atoms with Gasteiger partial charge in [0.05, 0.1) is 29.1 Å². The molecule has 1 aliphatic rings. The molecule has 1 saturated heterocycles. The van der Waals surface area contributed by atoms with Crippen molar-refractivity contribution in [1.29, 1.82) is 0 Å². The van der Waals surface area contributed by atoms with E-state index in [2.05, 4.69) is 10.2 Å². The lowest BCUT2D eigenvalue weighted by molar-refractivity contribution is 0.116. The molecule has 2 aromatic carbocycles. The number of hydrogen-bond donors (Lipinski definition) is 0. The summed E-state index contributed by atoms with van der Waals surface area (Å²) in [7, 11) is -3.11. The maximum absolute atomic E-state index is 14.1. The van der Waals surface area contributed by atoms with Crippen LogP contribution < -0.4 is 5.69 Å². The molecule has 2 aromatic heterocycles. The van der Waals surface area contributed by atoms with Crippen LogP contribution in [0.1, 0.15) is 36.8 Å². The maximum atomic E-state index is 14.1. The molecule has 0 N–H and O–H groups in total. The van der Waals surface area contributed by atoms with E-state index in [4.69, 9.17) is 4.42 Å². The lowest BCUT2D eigenvalue weighted by Gasteiger charge is -2.23. The van der Waals surface area contributed by atoms with Crippen molar-refractivity contribution in [3.05, 3.63) is 70.2 Å². The Hall–Kier alpha value is -3.41. The van der Waals surface area contributed by atoms with Crippen molar-refractivity contribution < 1.29 is 26.0 Å². The first-order valence-corrected chi connectivity index (χ1v) is 12.4. The van der Waals surface area contributed by atoms with E-state index >= 15 is 0 Å². The summed E-state index contributed by atoms with van der Waals surface area (Å²) in [6, 6.07) is 10.4. The van der Waals surface area contributed by atoms with Gasteiger partial charge in [0, 0.05) is 11.6 Å². The Kier molecular flexibility index (Phi) is 5.54. The SMILES string of the molecule is O=c1n(Cc2ccc(-c3nnc(C(F)F)o3)cc2)c2cc(F)ccc2n1C1CCS(=O)(=O)CC1. The number of aromatic nitrogens is 4. The average Bonchev–Trinajstić information content (AvgIpc) is 3.39. The Balaban J connectivity index is 1.48. The van der Waals surface area contributed by atoms with Crippen LogP contribution in [0.4, 0.5) is 13.2 Å². The van der Waals surface area contributed by atoms with Crippen molar-refractivity contribution in [1.82, 2.24) is 19.3 Å². The molecule has 0 aliphatic carbocycles. The van der Waals surface area contributed by atoms with Crippen LogP contribution in [0, 0.1) is 5.82 Å². The van der Waals surface area contributed by atoms with Gasteiger partial charge in [0.15, 0.2) is 0 Å². The predicted molar refractivity (Wildman–Crippen MR) is 117 cm³/mol. The fourth-order valence-electron chi connectivity index (χ4n) is 4.27. The largest absolute Gasteiger partial charge is 0.415 e. The van der Waals surface area contributed by atoms with Gasteiger partial charge in [-0.1, -0.05) is 12.1 Å². The summed E-state index contributed by atoms with van der Waals surface area (Å²) in [5, 5.41) is 6.92. The van der Waals surface area contributed by atoms with E-state index < -0.39 is 28.0 Å². The van der Waals surface area contributed by atoms with Gasteiger partial charge in [0.25, 0.3) is 5.89 Å². The number of rotatable bonds is 5. The molecule has 8 nitrogen and oxygen atoms in total. The van der Waals surface area contributed by atoms with Crippen LogP contribution in [0.15, 0.2) is 51.7 Å². The van der Waals surface area contributed by atoms with Crippen molar-refractivity contribution in [2.45, 2.75) is 31.9 Å². The third kappa shape index (κ3) is 4.13. The fraction of sp³-hybridized carbons (Fsp3) is 0.318. The summed E-state index contributed by atoms with van der Waals surface area (Å²) in [4.78, 5) is 13.4. The minimum atomic E-state index is -3.11. The van der Waals surface area contributed by atoms with Gasteiger partial charge in [0.1, 0.15) is 15.7 Å². The first-order valence-electron chi connectivity index (χ1n) is 10.5. The monoisotopic (exact) mass is 492 g/mol.